The van der Waals surface area contributed by atoms with Crippen LogP contribution in [-0.4, -0.2) is 19.7 Å². The zero-order valence-corrected chi connectivity index (χ0v) is 8.90. The minimum Gasteiger partial charge on any atom is -0.248 e. The van der Waals surface area contributed by atoms with Gasteiger partial charge in [-0.05, 0) is 32.6 Å². The molecular weight excluding hydrogens is 262 g/mol. The molecule has 0 fully saturated rings. The van der Waals surface area contributed by atoms with Crippen molar-refractivity contribution in [3.8, 4) is 5.82 Å². The van der Waals surface area contributed by atoms with Crippen molar-refractivity contribution in [3.05, 3.63) is 39.7 Å². The van der Waals surface area contributed by atoms with Gasteiger partial charge in [0, 0.05) is 17.3 Å². The van der Waals surface area contributed by atoms with Gasteiger partial charge >= 0.3 is 0 Å². The van der Waals surface area contributed by atoms with E-state index < -0.39 is 0 Å². The Morgan fingerprint density at radius 2 is 2.40 bits per heavy atom. The lowest BCUT2D eigenvalue weighted by Gasteiger charge is -2.02. The molecule has 2 aromatic rings. The van der Waals surface area contributed by atoms with Gasteiger partial charge in [-0.25, -0.2) is 14.6 Å². The van der Waals surface area contributed by atoms with Gasteiger partial charge in [0.25, 0.3) is 0 Å². The van der Waals surface area contributed by atoms with E-state index in [0.717, 1.165) is 0 Å². The van der Waals surface area contributed by atoms with Gasteiger partial charge in [-0.15, -0.1) is 0 Å². The average Bonchev–Trinajstić information content (AvgIpc) is 2.74. The number of aromatic nitrogens is 4. The first-order valence-corrected chi connectivity index (χ1v) is 4.68. The molecule has 0 aliphatic carbocycles. The molecule has 0 unspecified atom stereocenters. The molecule has 2 rings (SSSR count). The van der Waals surface area contributed by atoms with Crippen LogP contribution in [0.25, 0.3) is 16.3 Å². The molecule has 0 aliphatic rings. The smallest absolute Gasteiger partial charge is 0.182 e. The highest BCUT2D eigenvalue weighted by molar-refractivity contribution is 9.10. The molecule has 0 aliphatic heterocycles. The molecule has 0 saturated heterocycles. The molecule has 74 valence electrons. The van der Waals surface area contributed by atoms with E-state index in [9.17, 15) is 0 Å². The lowest BCUT2D eigenvalue weighted by Crippen LogP contribution is -1.99. The van der Waals surface area contributed by atoms with E-state index in [1.165, 1.54) is 10.9 Å². The highest BCUT2D eigenvalue weighted by Gasteiger charge is 2.07. The second kappa shape index (κ2) is 4.07. The first kappa shape index (κ1) is 9.63. The maximum atomic E-state index is 8.36. The van der Waals surface area contributed by atoms with Crippen molar-refractivity contribution in [1.29, 1.82) is 0 Å². The Balaban J connectivity index is 2.62. The Bertz CT molecular complexity index is 514. The van der Waals surface area contributed by atoms with Crippen molar-refractivity contribution in [2.24, 2.45) is 5.11 Å². The zero-order chi connectivity index (χ0) is 10.7. The van der Waals surface area contributed by atoms with Crippen molar-refractivity contribution in [3.63, 3.8) is 0 Å². The van der Waals surface area contributed by atoms with Crippen molar-refractivity contribution in [2.45, 2.75) is 0 Å². The van der Waals surface area contributed by atoms with Crippen molar-refractivity contribution < 1.29 is 0 Å². The molecule has 0 aromatic carbocycles. The van der Waals surface area contributed by atoms with Crippen LogP contribution in [0.3, 0.4) is 0 Å². The third kappa shape index (κ3) is 1.95. The minimum absolute atomic E-state index is 0.185. The summed E-state index contributed by atoms with van der Waals surface area (Å²) in [6.45, 7) is 0. The lowest BCUT2D eigenvalue weighted by molar-refractivity contribution is 0.833. The van der Waals surface area contributed by atoms with Crippen LogP contribution in [0.4, 0.5) is 5.82 Å². The number of rotatable bonds is 2. The minimum atomic E-state index is 0.185. The molecule has 0 amide bonds. The van der Waals surface area contributed by atoms with E-state index in [4.69, 9.17) is 5.53 Å². The maximum Gasteiger partial charge on any atom is 0.182 e. The fourth-order valence-corrected chi connectivity index (χ4v) is 1.28. The fourth-order valence-electron chi connectivity index (χ4n) is 1.01. The largest absolute Gasteiger partial charge is 0.248 e. The average molecular weight is 266 g/mol. The maximum absolute atomic E-state index is 8.36. The van der Waals surface area contributed by atoms with Crippen LogP contribution in [0.1, 0.15) is 0 Å². The third-order valence-electron chi connectivity index (χ3n) is 1.57. The van der Waals surface area contributed by atoms with Gasteiger partial charge in [0.1, 0.15) is 4.60 Å². The van der Waals surface area contributed by atoms with E-state index in [2.05, 4.69) is 41.0 Å². The van der Waals surface area contributed by atoms with Gasteiger partial charge in [-0.1, -0.05) is 0 Å². The molecule has 15 heavy (non-hydrogen) atoms. The molecule has 8 heteroatoms. The van der Waals surface area contributed by atoms with Gasteiger partial charge in [0.2, 0.25) is 0 Å². The Morgan fingerprint density at radius 1 is 1.53 bits per heavy atom. The third-order valence-corrected chi connectivity index (χ3v) is 1.95. The van der Waals surface area contributed by atoms with Crippen LogP contribution in [0.5, 0.6) is 0 Å². The van der Waals surface area contributed by atoms with Crippen molar-refractivity contribution >= 4 is 21.7 Å². The normalized spacial score (nSPS) is 9.67. The summed E-state index contributed by atoms with van der Waals surface area (Å²) in [5, 5.41) is 7.41. The standard InChI is InChI=1S/C7H4BrN7/c8-5-4-10-6(13-14-9)7(12-5)15-3-1-2-11-15/h1-4H. The van der Waals surface area contributed by atoms with Gasteiger partial charge in [0.15, 0.2) is 11.6 Å². The summed E-state index contributed by atoms with van der Waals surface area (Å²) < 4.78 is 2.02. The fraction of sp³-hybridized carbons (Fsp3) is 0. The lowest BCUT2D eigenvalue weighted by atomic mass is 10.6. The van der Waals surface area contributed by atoms with Crippen LogP contribution in [0, 0.1) is 0 Å². The van der Waals surface area contributed by atoms with Crippen LogP contribution >= 0.6 is 15.9 Å². The van der Waals surface area contributed by atoms with Gasteiger partial charge < -0.3 is 0 Å². The SMILES string of the molecule is [N-]=[N+]=Nc1ncc(Br)nc1-n1cccn1. The molecule has 2 aromatic heterocycles. The highest BCUT2D eigenvalue weighted by Crippen LogP contribution is 2.19. The number of hydrogen-bond donors (Lipinski definition) is 0. The van der Waals surface area contributed by atoms with Crippen LogP contribution in [0.2, 0.25) is 0 Å². The van der Waals surface area contributed by atoms with Crippen LogP contribution < -0.4 is 0 Å². The molecule has 0 saturated carbocycles. The Kier molecular flexibility index (Phi) is 2.61. The summed E-state index contributed by atoms with van der Waals surface area (Å²) >= 11 is 3.18. The van der Waals surface area contributed by atoms with Gasteiger partial charge in [0.05, 0.1) is 6.20 Å². The molecular formula is C7H4BrN7. The molecule has 0 radical (unpaired) electrons. The molecule has 0 atom stereocenters. The summed E-state index contributed by atoms with van der Waals surface area (Å²) in [6, 6.07) is 1.74. The summed E-state index contributed by atoms with van der Waals surface area (Å²) in [7, 11) is 0. The van der Waals surface area contributed by atoms with Gasteiger partial charge in [-0.3, -0.25) is 0 Å². The number of azide groups is 1. The van der Waals surface area contributed by atoms with Crippen molar-refractivity contribution in [2.75, 3.05) is 0 Å². The monoisotopic (exact) mass is 265 g/mol. The van der Waals surface area contributed by atoms with E-state index in [-0.39, 0.29) is 5.82 Å². The van der Waals surface area contributed by atoms with E-state index in [1.807, 2.05) is 0 Å². The molecule has 0 bridgehead atoms. The summed E-state index contributed by atoms with van der Waals surface area (Å²) in [4.78, 5) is 10.7. The molecule has 7 nitrogen and oxygen atoms in total. The van der Waals surface area contributed by atoms with Crippen LogP contribution in [-0.2, 0) is 0 Å². The van der Waals surface area contributed by atoms with E-state index in [0.29, 0.717) is 10.4 Å². The highest BCUT2D eigenvalue weighted by atomic mass is 79.9. The predicted molar refractivity (Wildman–Crippen MR) is 55.7 cm³/mol. The number of nitrogens with zero attached hydrogens (tertiary/aromatic N) is 7. The summed E-state index contributed by atoms with van der Waals surface area (Å²) in [5.41, 5.74) is 8.36. The quantitative estimate of drug-likeness (QED) is 0.474. The molecule has 0 N–H and O–H groups in total. The van der Waals surface area contributed by atoms with E-state index >= 15 is 0 Å². The second-order valence-corrected chi connectivity index (χ2v) is 3.29. The zero-order valence-electron chi connectivity index (χ0n) is 7.32. The first-order chi connectivity index (χ1) is 7.31. The molecule has 2 heterocycles. The Labute approximate surface area is 92.5 Å². The Hall–Kier alpha value is -1.92. The molecule has 0 spiro atoms. The van der Waals surface area contributed by atoms with E-state index in [1.54, 1.807) is 18.5 Å². The second-order valence-electron chi connectivity index (χ2n) is 2.48. The topological polar surface area (TPSA) is 92.4 Å². The van der Waals surface area contributed by atoms with Crippen molar-refractivity contribution in [1.82, 2.24) is 19.7 Å². The number of halogens is 1. The first-order valence-electron chi connectivity index (χ1n) is 3.89. The van der Waals surface area contributed by atoms with Crippen LogP contribution in [0.15, 0.2) is 34.4 Å². The van der Waals surface area contributed by atoms with Gasteiger partial charge in [-0.2, -0.15) is 5.10 Å². The summed E-state index contributed by atoms with van der Waals surface area (Å²) in [6.07, 6.45) is 4.74. The summed E-state index contributed by atoms with van der Waals surface area (Å²) in [5.74, 6) is 0.566. The Morgan fingerprint density at radius 3 is 3.07 bits per heavy atom. The predicted octanol–water partition coefficient (Wildman–Crippen LogP) is 2.37. The number of hydrogen-bond acceptors (Lipinski definition) is 4.